The quantitative estimate of drug-likeness (QED) is 0.832. The Morgan fingerprint density at radius 3 is 2.43 bits per heavy atom. The van der Waals surface area contributed by atoms with E-state index in [0.717, 1.165) is 22.7 Å². The normalized spacial score (nSPS) is 16.8. The van der Waals surface area contributed by atoms with Crippen LogP contribution in [0.25, 0.3) is 0 Å². The van der Waals surface area contributed by atoms with Gasteiger partial charge in [0.05, 0.1) is 6.04 Å². The van der Waals surface area contributed by atoms with E-state index in [2.05, 4.69) is 9.84 Å². The number of hydrogen-bond acceptors (Lipinski definition) is 5. The third-order valence-corrected chi connectivity index (χ3v) is 5.17. The maximum absolute atomic E-state index is 12.5. The summed E-state index contributed by atoms with van der Waals surface area (Å²) in [5.74, 6) is -0.945. The highest BCUT2D eigenvalue weighted by molar-refractivity contribution is 7.90. The molecular formula is C17H14F3N3O4S. The van der Waals surface area contributed by atoms with Crippen LogP contribution in [0, 0.1) is 0 Å². The van der Waals surface area contributed by atoms with E-state index >= 15 is 0 Å². The summed E-state index contributed by atoms with van der Waals surface area (Å²) in [5, 5.41) is 4.80. The van der Waals surface area contributed by atoms with Crippen LogP contribution >= 0.6 is 0 Å². The Morgan fingerprint density at radius 2 is 1.75 bits per heavy atom. The standard InChI is InChI=1S/C17H14F3N3O4S/c18-17(19,20)27-14-8-4-5-9-15(14)28(25,26)22-16(24)23-13(10-11-21-23)12-6-2-1-3-7-12/h1-9,11,13H,10H2,(H,22,24). The van der Waals surface area contributed by atoms with Crippen LogP contribution in [0.3, 0.4) is 0 Å². The summed E-state index contributed by atoms with van der Waals surface area (Å²) in [6.07, 6.45) is -3.27. The van der Waals surface area contributed by atoms with Gasteiger partial charge < -0.3 is 4.74 Å². The van der Waals surface area contributed by atoms with Gasteiger partial charge in [0.2, 0.25) is 0 Å². The summed E-state index contributed by atoms with van der Waals surface area (Å²) in [4.78, 5) is 11.7. The molecule has 0 fully saturated rings. The Morgan fingerprint density at radius 1 is 1.11 bits per heavy atom. The van der Waals surface area contributed by atoms with E-state index in [1.807, 2.05) is 0 Å². The van der Waals surface area contributed by atoms with Gasteiger partial charge in [0, 0.05) is 12.6 Å². The Bertz CT molecular complexity index is 994. The molecule has 0 aromatic heterocycles. The lowest BCUT2D eigenvalue weighted by molar-refractivity contribution is -0.275. The van der Waals surface area contributed by atoms with Crippen LogP contribution in [0.15, 0.2) is 64.6 Å². The number of nitrogens with zero attached hydrogens (tertiary/aromatic N) is 2. The van der Waals surface area contributed by atoms with E-state index in [-0.39, 0.29) is 0 Å². The number of urea groups is 1. The fourth-order valence-corrected chi connectivity index (χ4v) is 3.73. The van der Waals surface area contributed by atoms with Crippen molar-refractivity contribution in [1.82, 2.24) is 9.73 Å². The average molecular weight is 413 g/mol. The summed E-state index contributed by atoms with van der Waals surface area (Å²) in [5.41, 5.74) is 0.730. The Balaban J connectivity index is 1.83. The summed E-state index contributed by atoms with van der Waals surface area (Å²) in [6, 6.07) is 11.3. The molecule has 1 aliphatic heterocycles. The molecule has 2 aromatic carbocycles. The lowest BCUT2D eigenvalue weighted by Crippen LogP contribution is -2.40. The highest BCUT2D eigenvalue weighted by atomic mass is 32.2. The van der Waals surface area contributed by atoms with Gasteiger partial charge in [-0.15, -0.1) is 13.2 Å². The van der Waals surface area contributed by atoms with Crippen molar-refractivity contribution < 1.29 is 31.1 Å². The van der Waals surface area contributed by atoms with Gasteiger partial charge in [0.15, 0.2) is 0 Å². The molecule has 0 saturated heterocycles. The molecule has 0 radical (unpaired) electrons. The van der Waals surface area contributed by atoms with E-state index < -0.39 is 39.1 Å². The average Bonchev–Trinajstić information content (AvgIpc) is 3.11. The van der Waals surface area contributed by atoms with Crippen molar-refractivity contribution in [1.29, 1.82) is 0 Å². The number of benzene rings is 2. The highest BCUT2D eigenvalue weighted by Gasteiger charge is 2.36. The number of hydrazone groups is 1. The summed E-state index contributed by atoms with van der Waals surface area (Å²) < 4.78 is 68.0. The van der Waals surface area contributed by atoms with Gasteiger partial charge in [-0.1, -0.05) is 42.5 Å². The largest absolute Gasteiger partial charge is 0.573 e. The molecule has 28 heavy (non-hydrogen) atoms. The first-order valence-electron chi connectivity index (χ1n) is 7.95. The lowest BCUT2D eigenvalue weighted by atomic mass is 10.1. The Labute approximate surface area is 158 Å². The second kappa shape index (κ2) is 7.50. The summed E-state index contributed by atoms with van der Waals surface area (Å²) in [6.45, 7) is 0. The molecular weight excluding hydrogens is 399 g/mol. The van der Waals surface area contributed by atoms with Crippen molar-refractivity contribution in [3.05, 3.63) is 60.2 Å². The zero-order chi connectivity index (χ0) is 20.4. The molecule has 1 heterocycles. The SMILES string of the molecule is O=C(NS(=O)(=O)c1ccccc1OC(F)(F)F)N1N=CCC1c1ccccc1. The minimum Gasteiger partial charge on any atom is -0.404 e. The number of nitrogens with one attached hydrogen (secondary N) is 1. The van der Waals surface area contributed by atoms with Crippen LogP contribution in [-0.4, -0.2) is 32.0 Å². The van der Waals surface area contributed by atoms with Crippen molar-refractivity contribution in [2.24, 2.45) is 5.10 Å². The van der Waals surface area contributed by atoms with E-state index in [1.165, 1.54) is 18.3 Å². The van der Waals surface area contributed by atoms with Gasteiger partial charge in [-0.25, -0.2) is 22.9 Å². The number of sulfonamides is 1. The van der Waals surface area contributed by atoms with Gasteiger partial charge in [0.25, 0.3) is 10.0 Å². The van der Waals surface area contributed by atoms with E-state index in [0.29, 0.717) is 6.42 Å². The molecule has 0 aliphatic carbocycles. The lowest BCUT2D eigenvalue weighted by Gasteiger charge is -2.22. The van der Waals surface area contributed by atoms with Gasteiger partial charge in [-0.2, -0.15) is 5.10 Å². The maximum atomic E-state index is 12.5. The van der Waals surface area contributed by atoms with Crippen molar-refractivity contribution in [2.75, 3.05) is 0 Å². The number of amides is 2. The van der Waals surface area contributed by atoms with Crippen LogP contribution < -0.4 is 9.46 Å². The number of ether oxygens (including phenoxy) is 1. The fraction of sp³-hybridized carbons (Fsp3) is 0.176. The molecule has 3 rings (SSSR count). The number of para-hydroxylation sites is 1. The third kappa shape index (κ3) is 4.42. The predicted octanol–water partition coefficient (Wildman–Crippen LogP) is 3.42. The van der Waals surface area contributed by atoms with Gasteiger partial charge in [0.1, 0.15) is 10.6 Å². The predicted molar refractivity (Wildman–Crippen MR) is 93.0 cm³/mol. The first-order chi connectivity index (χ1) is 13.2. The molecule has 11 heteroatoms. The molecule has 0 bridgehead atoms. The fourth-order valence-electron chi connectivity index (χ4n) is 2.66. The van der Waals surface area contributed by atoms with Crippen LogP contribution in [0.5, 0.6) is 5.75 Å². The van der Waals surface area contributed by atoms with E-state index in [1.54, 1.807) is 35.1 Å². The second-order valence-electron chi connectivity index (χ2n) is 5.71. The first-order valence-corrected chi connectivity index (χ1v) is 9.44. The Kier molecular flexibility index (Phi) is 5.27. The maximum Gasteiger partial charge on any atom is 0.573 e. The molecule has 1 aliphatic rings. The van der Waals surface area contributed by atoms with Crippen molar-refractivity contribution >= 4 is 22.3 Å². The second-order valence-corrected chi connectivity index (χ2v) is 7.36. The number of alkyl halides is 3. The van der Waals surface area contributed by atoms with Crippen molar-refractivity contribution in [3.8, 4) is 5.75 Å². The minimum absolute atomic E-state index is 0.366. The molecule has 7 nitrogen and oxygen atoms in total. The van der Waals surface area contributed by atoms with Crippen LogP contribution in [0.4, 0.5) is 18.0 Å². The van der Waals surface area contributed by atoms with E-state index in [4.69, 9.17) is 0 Å². The number of carbonyl (C=O) groups excluding carboxylic acids is 1. The molecule has 1 N–H and O–H groups in total. The number of hydrogen-bond donors (Lipinski definition) is 1. The molecule has 0 saturated carbocycles. The summed E-state index contributed by atoms with van der Waals surface area (Å²) >= 11 is 0. The monoisotopic (exact) mass is 413 g/mol. The van der Waals surface area contributed by atoms with Gasteiger partial charge >= 0.3 is 12.4 Å². The molecule has 0 spiro atoms. The number of rotatable bonds is 4. The zero-order valence-electron chi connectivity index (χ0n) is 14.1. The molecule has 1 atom stereocenters. The molecule has 2 aromatic rings. The molecule has 148 valence electrons. The molecule has 1 unspecified atom stereocenters. The minimum atomic E-state index is -5.09. The first kappa shape index (κ1) is 19.7. The van der Waals surface area contributed by atoms with Crippen LogP contribution in [-0.2, 0) is 10.0 Å². The highest BCUT2D eigenvalue weighted by Crippen LogP contribution is 2.31. The topological polar surface area (TPSA) is 88.1 Å². The van der Waals surface area contributed by atoms with Crippen molar-refractivity contribution in [2.45, 2.75) is 23.7 Å². The van der Waals surface area contributed by atoms with E-state index in [9.17, 15) is 26.4 Å². The Hall–Kier alpha value is -3.08. The van der Waals surface area contributed by atoms with Crippen LogP contribution in [0.2, 0.25) is 0 Å². The van der Waals surface area contributed by atoms with Gasteiger partial charge in [-0.05, 0) is 17.7 Å². The van der Waals surface area contributed by atoms with Crippen LogP contribution in [0.1, 0.15) is 18.0 Å². The van der Waals surface area contributed by atoms with Gasteiger partial charge in [-0.3, -0.25) is 0 Å². The molecule has 2 amide bonds. The zero-order valence-corrected chi connectivity index (χ0v) is 14.9. The van der Waals surface area contributed by atoms with Crippen molar-refractivity contribution in [3.63, 3.8) is 0 Å². The smallest absolute Gasteiger partial charge is 0.404 e. The third-order valence-electron chi connectivity index (χ3n) is 3.81. The summed E-state index contributed by atoms with van der Waals surface area (Å²) in [7, 11) is -4.65. The number of halogens is 3. The number of carbonyl (C=O) groups is 1.